The van der Waals surface area contributed by atoms with Crippen LogP contribution < -0.4 is 10.6 Å². The molecule has 2 amide bonds. The Hall–Kier alpha value is -4.04. The van der Waals surface area contributed by atoms with E-state index in [2.05, 4.69) is 44.0 Å². The molecule has 0 fully saturated rings. The molecular formula is C23H17N5O2S. The zero-order valence-corrected chi connectivity index (χ0v) is 17.1. The van der Waals surface area contributed by atoms with Gasteiger partial charge in [0.2, 0.25) is 0 Å². The lowest BCUT2D eigenvalue weighted by molar-refractivity contribution is -0.136. The summed E-state index contributed by atoms with van der Waals surface area (Å²) in [4.78, 5) is 29.7. The van der Waals surface area contributed by atoms with E-state index in [4.69, 9.17) is 0 Å². The summed E-state index contributed by atoms with van der Waals surface area (Å²) in [5.74, 6) is -1.44. The molecule has 0 saturated carbocycles. The molecule has 152 valence electrons. The lowest BCUT2D eigenvalue weighted by Crippen LogP contribution is -2.34. The maximum absolute atomic E-state index is 12.4. The molecule has 31 heavy (non-hydrogen) atoms. The van der Waals surface area contributed by atoms with Gasteiger partial charge in [0.25, 0.3) is 0 Å². The fraction of sp³-hybridized carbons (Fsp3) is 0.0435. The quantitative estimate of drug-likeness (QED) is 0.376. The third-order valence-corrected chi connectivity index (χ3v) is 6.03. The number of benzene rings is 2. The lowest BCUT2D eigenvalue weighted by Gasteiger charge is -2.09. The molecule has 3 heterocycles. The number of carbonyl (C=O) groups is 2. The molecule has 0 saturated heterocycles. The zero-order valence-electron chi connectivity index (χ0n) is 16.3. The van der Waals surface area contributed by atoms with Crippen LogP contribution in [0.25, 0.3) is 31.4 Å². The second-order valence-electron chi connectivity index (χ2n) is 7.00. The molecule has 5 aromatic rings. The van der Waals surface area contributed by atoms with E-state index in [0.29, 0.717) is 5.69 Å². The minimum absolute atomic E-state index is 0.230. The first-order chi connectivity index (χ1) is 15.2. The van der Waals surface area contributed by atoms with Crippen LogP contribution in [0.4, 0.5) is 5.69 Å². The topological polar surface area (TPSA) is 99.8 Å². The average molecular weight is 427 g/mol. The van der Waals surface area contributed by atoms with Crippen molar-refractivity contribution < 1.29 is 9.59 Å². The number of thiophene rings is 1. The molecule has 7 nitrogen and oxygen atoms in total. The molecule has 2 aromatic carbocycles. The van der Waals surface area contributed by atoms with Crippen molar-refractivity contribution in [2.45, 2.75) is 6.54 Å². The first kappa shape index (κ1) is 19.0. The number of rotatable bonds is 4. The SMILES string of the molecule is O=C(NCc1cccnc1)C(=O)Nc1cc(-c2cc3ccccc3s2)c2[nH]ncc2c1. The minimum atomic E-state index is -0.728. The van der Waals surface area contributed by atoms with Crippen LogP contribution in [0.5, 0.6) is 0 Å². The van der Waals surface area contributed by atoms with E-state index in [-0.39, 0.29) is 6.54 Å². The first-order valence-corrected chi connectivity index (χ1v) is 10.4. The van der Waals surface area contributed by atoms with E-state index in [1.807, 2.05) is 24.3 Å². The number of aromatic nitrogens is 3. The summed E-state index contributed by atoms with van der Waals surface area (Å²) in [7, 11) is 0. The Morgan fingerprint density at radius 2 is 1.87 bits per heavy atom. The fourth-order valence-electron chi connectivity index (χ4n) is 3.39. The van der Waals surface area contributed by atoms with Crippen molar-refractivity contribution in [2.24, 2.45) is 0 Å². The number of pyridine rings is 1. The molecule has 0 spiro atoms. The maximum atomic E-state index is 12.4. The van der Waals surface area contributed by atoms with Crippen molar-refractivity contribution in [1.82, 2.24) is 20.5 Å². The molecule has 0 radical (unpaired) electrons. The van der Waals surface area contributed by atoms with Gasteiger partial charge in [-0.15, -0.1) is 11.3 Å². The van der Waals surface area contributed by atoms with Gasteiger partial charge in [0, 0.05) is 45.2 Å². The van der Waals surface area contributed by atoms with Crippen LogP contribution in [-0.2, 0) is 16.1 Å². The first-order valence-electron chi connectivity index (χ1n) is 9.61. The highest BCUT2D eigenvalue weighted by molar-refractivity contribution is 7.22. The molecule has 3 N–H and O–H groups in total. The van der Waals surface area contributed by atoms with E-state index in [0.717, 1.165) is 32.3 Å². The standard InChI is InChI=1S/C23H17N5O2S/c29-22(25-12-14-4-3-7-24-11-14)23(30)27-17-8-16-13-26-28-21(16)18(10-17)20-9-15-5-1-2-6-19(15)31-20/h1-11,13H,12H2,(H,25,29)(H,26,28)(H,27,30). The number of anilines is 1. The summed E-state index contributed by atoms with van der Waals surface area (Å²) < 4.78 is 1.18. The Morgan fingerprint density at radius 1 is 0.968 bits per heavy atom. The van der Waals surface area contributed by atoms with Crippen LogP contribution in [0.15, 0.2) is 73.2 Å². The predicted octanol–water partition coefficient (Wildman–Crippen LogP) is 4.09. The highest BCUT2D eigenvalue weighted by Crippen LogP contribution is 2.38. The smallest absolute Gasteiger partial charge is 0.313 e. The Labute approximate surface area is 181 Å². The van der Waals surface area contributed by atoms with Crippen LogP contribution in [0, 0.1) is 0 Å². The van der Waals surface area contributed by atoms with Gasteiger partial charge in [0.05, 0.1) is 11.7 Å². The van der Waals surface area contributed by atoms with Gasteiger partial charge >= 0.3 is 11.8 Å². The second kappa shape index (κ2) is 8.00. The number of fused-ring (bicyclic) bond motifs is 2. The van der Waals surface area contributed by atoms with Crippen molar-refractivity contribution in [3.05, 3.63) is 78.8 Å². The van der Waals surface area contributed by atoms with E-state index in [1.54, 1.807) is 42.1 Å². The van der Waals surface area contributed by atoms with Crippen LogP contribution >= 0.6 is 11.3 Å². The minimum Gasteiger partial charge on any atom is -0.344 e. The van der Waals surface area contributed by atoms with E-state index < -0.39 is 11.8 Å². The van der Waals surface area contributed by atoms with Gasteiger partial charge in [-0.1, -0.05) is 24.3 Å². The van der Waals surface area contributed by atoms with Gasteiger partial charge in [-0.2, -0.15) is 5.10 Å². The lowest BCUT2D eigenvalue weighted by atomic mass is 10.1. The zero-order chi connectivity index (χ0) is 21.2. The summed E-state index contributed by atoms with van der Waals surface area (Å²) in [6, 6.07) is 17.5. The van der Waals surface area contributed by atoms with Gasteiger partial charge in [0.1, 0.15) is 0 Å². The van der Waals surface area contributed by atoms with Gasteiger partial charge in [-0.3, -0.25) is 19.7 Å². The second-order valence-corrected chi connectivity index (χ2v) is 8.09. The molecular weight excluding hydrogens is 410 g/mol. The van der Waals surface area contributed by atoms with Gasteiger partial charge in [0.15, 0.2) is 0 Å². The Balaban J connectivity index is 1.40. The normalized spacial score (nSPS) is 11.0. The Kier molecular flexibility index (Phi) is 4.89. The molecule has 0 aliphatic carbocycles. The summed E-state index contributed by atoms with van der Waals surface area (Å²) in [5, 5.41) is 14.5. The third kappa shape index (κ3) is 3.88. The highest BCUT2D eigenvalue weighted by atomic mass is 32.1. The number of nitrogens with zero attached hydrogens (tertiary/aromatic N) is 2. The molecule has 8 heteroatoms. The monoisotopic (exact) mass is 427 g/mol. The number of hydrogen-bond donors (Lipinski definition) is 3. The van der Waals surface area contributed by atoms with E-state index in [1.165, 1.54) is 4.70 Å². The fourth-order valence-corrected chi connectivity index (χ4v) is 4.48. The van der Waals surface area contributed by atoms with Gasteiger partial charge < -0.3 is 10.6 Å². The summed E-state index contributed by atoms with van der Waals surface area (Å²) in [6.07, 6.45) is 4.99. The Morgan fingerprint density at radius 3 is 2.71 bits per heavy atom. The molecule has 3 aromatic heterocycles. The molecule has 0 aliphatic rings. The van der Waals surface area contributed by atoms with Crippen molar-refractivity contribution in [3.8, 4) is 10.4 Å². The number of H-pyrrole nitrogens is 1. The van der Waals surface area contributed by atoms with Crippen LogP contribution in [0.1, 0.15) is 5.56 Å². The number of hydrogen-bond acceptors (Lipinski definition) is 5. The highest BCUT2D eigenvalue weighted by Gasteiger charge is 2.16. The molecule has 0 bridgehead atoms. The number of nitrogens with one attached hydrogen (secondary N) is 3. The van der Waals surface area contributed by atoms with Crippen LogP contribution in [0.2, 0.25) is 0 Å². The molecule has 0 atom stereocenters. The Bertz CT molecular complexity index is 1370. The summed E-state index contributed by atoms with van der Waals surface area (Å²) in [5.41, 5.74) is 3.14. The molecule has 0 unspecified atom stereocenters. The van der Waals surface area contributed by atoms with Gasteiger partial charge in [-0.25, -0.2) is 0 Å². The van der Waals surface area contributed by atoms with Crippen molar-refractivity contribution in [1.29, 1.82) is 0 Å². The van der Waals surface area contributed by atoms with Crippen LogP contribution in [0.3, 0.4) is 0 Å². The summed E-state index contributed by atoms with van der Waals surface area (Å²) in [6.45, 7) is 0.230. The maximum Gasteiger partial charge on any atom is 0.313 e. The molecule has 5 rings (SSSR count). The average Bonchev–Trinajstić information content (AvgIpc) is 3.44. The number of carbonyl (C=O) groups excluding carboxylic acids is 2. The number of aromatic amines is 1. The number of amides is 2. The molecule has 0 aliphatic heterocycles. The largest absolute Gasteiger partial charge is 0.344 e. The van der Waals surface area contributed by atoms with Crippen molar-refractivity contribution >= 4 is 49.8 Å². The van der Waals surface area contributed by atoms with Gasteiger partial charge in [-0.05, 0) is 41.3 Å². The van der Waals surface area contributed by atoms with Crippen molar-refractivity contribution in [2.75, 3.05) is 5.32 Å². The predicted molar refractivity (Wildman–Crippen MR) is 122 cm³/mol. The van der Waals surface area contributed by atoms with E-state index in [9.17, 15) is 9.59 Å². The summed E-state index contributed by atoms with van der Waals surface area (Å²) >= 11 is 1.66. The van der Waals surface area contributed by atoms with E-state index >= 15 is 0 Å². The van der Waals surface area contributed by atoms with Crippen LogP contribution in [-0.4, -0.2) is 27.0 Å². The third-order valence-electron chi connectivity index (χ3n) is 4.88. The van der Waals surface area contributed by atoms with Crippen molar-refractivity contribution in [3.63, 3.8) is 0 Å².